The lowest BCUT2D eigenvalue weighted by atomic mass is 10.2. The van der Waals surface area contributed by atoms with E-state index in [2.05, 4.69) is 10.3 Å². The molecule has 0 saturated carbocycles. The van der Waals surface area contributed by atoms with Gasteiger partial charge in [-0.3, -0.25) is 14.6 Å². The average molecular weight is 348 g/mol. The molecule has 1 heterocycles. The molecule has 2 amide bonds. The molecule has 1 aromatic heterocycles. The van der Waals surface area contributed by atoms with Gasteiger partial charge in [0.05, 0.1) is 12.8 Å². The standard InChI is InChI=1S/C17H18ClN3O3/c1-21(10-7-12-5-8-19-9-6-12)17(23)16(22)20-14-11-13(18)3-4-15(14)24-2/h3-6,8-9,11H,7,10H2,1-2H3,(H,20,22). The maximum Gasteiger partial charge on any atom is 0.313 e. The third kappa shape index (κ3) is 4.70. The lowest BCUT2D eigenvalue weighted by Crippen LogP contribution is -2.38. The van der Waals surface area contributed by atoms with Crippen LogP contribution in [0.4, 0.5) is 5.69 Å². The van der Waals surface area contributed by atoms with Gasteiger partial charge in [-0.2, -0.15) is 0 Å². The predicted molar refractivity (Wildman–Crippen MR) is 92.2 cm³/mol. The van der Waals surface area contributed by atoms with Crippen LogP contribution in [0.1, 0.15) is 5.56 Å². The molecule has 0 aliphatic heterocycles. The van der Waals surface area contributed by atoms with E-state index in [0.717, 1.165) is 5.56 Å². The molecule has 1 N–H and O–H groups in total. The minimum atomic E-state index is -0.743. The third-order valence-corrected chi connectivity index (χ3v) is 3.67. The first-order valence-corrected chi connectivity index (χ1v) is 7.68. The van der Waals surface area contributed by atoms with Crippen molar-refractivity contribution in [2.45, 2.75) is 6.42 Å². The van der Waals surface area contributed by atoms with Crippen LogP contribution in [0.25, 0.3) is 0 Å². The Bertz CT molecular complexity index is 722. The van der Waals surface area contributed by atoms with Gasteiger partial charge >= 0.3 is 11.8 Å². The second-order valence-electron chi connectivity index (χ2n) is 5.13. The fourth-order valence-corrected chi connectivity index (χ4v) is 2.25. The number of rotatable bonds is 5. The van der Waals surface area contributed by atoms with Crippen LogP contribution in [-0.2, 0) is 16.0 Å². The minimum absolute atomic E-state index is 0.353. The molecule has 0 saturated heterocycles. The monoisotopic (exact) mass is 347 g/mol. The van der Waals surface area contributed by atoms with Crippen molar-refractivity contribution in [1.82, 2.24) is 9.88 Å². The number of aromatic nitrogens is 1. The van der Waals surface area contributed by atoms with Crippen molar-refractivity contribution in [3.8, 4) is 5.75 Å². The van der Waals surface area contributed by atoms with Crippen LogP contribution in [0, 0.1) is 0 Å². The number of carbonyl (C=O) groups excluding carboxylic acids is 2. The molecular formula is C17H18ClN3O3. The van der Waals surface area contributed by atoms with E-state index in [-0.39, 0.29) is 0 Å². The Balaban J connectivity index is 1.96. The molecule has 6 nitrogen and oxygen atoms in total. The van der Waals surface area contributed by atoms with E-state index in [9.17, 15) is 9.59 Å². The molecule has 0 bridgehead atoms. The maximum atomic E-state index is 12.2. The van der Waals surface area contributed by atoms with Gasteiger partial charge in [0.25, 0.3) is 0 Å². The molecule has 1 aromatic carbocycles. The normalized spacial score (nSPS) is 10.1. The number of ether oxygens (including phenoxy) is 1. The number of anilines is 1. The average Bonchev–Trinajstić information content (AvgIpc) is 2.60. The first-order valence-electron chi connectivity index (χ1n) is 7.30. The molecule has 2 rings (SSSR count). The molecule has 24 heavy (non-hydrogen) atoms. The zero-order chi connectivity index (χ0) is 17.5. The van der Waals surface area contributed by atoms with E-state index in [0.29, 0.717) is 29.4 Å². The number of nitrogens with one attached hydrogen (secondary N) is 1. The largest absolute Gasteiger partial charge is 0.495 e. The van der Waals surface area contributed by atoms with E-state index in [1.165, 1.54) is 18.1 Å². The molecule has 0 unspecified atom stereocenters. The Kier molecular flexibility index (Phi) is 6.14. The van der Waals surface area contributed by atoms with Crippen molar-refractivity contribution in [2.24, 2.45) is 0 Å². The number of carbonyl (C=O) groups is 2. The molecule has 0 radical (unpaired) electrons. The van der Waals surface area contributed by atoms with Crippen LogP contribution < -0.4 is 10.1 Å². The number of benzene rings is 1. The molecule has 0 aliphatic carbocycles. The summed E-state index contributed by atoms with van der Waals surface area (Å²) in [4.78, 5) is 29.6. The highest BCUT2D eigenvalue weighted by atomic mass is 35.5. The Labute approximate surface area is 145 Å². The van der Waals surface area contributed by atoms with Crippen LogP contribution in [0.2, 0.25) is 5.02 Å². The number of likely N-dealkylation sites (N-methyl/N-ethyl adjacent to an activating group) is 1. The van der Waals surface area contributed by atoms with E-state index >= 15 is 0 Å². The zero-order valence-corrected chi connectivity index (χ0v) is 14.2. The van der Waals surface area contributed by atoms with Gasteiger partial charge in [-0.15, -0.1) is 0 Å². The summed E-state index contributed by atoms with van der Waals surface area (Å²) in [6.45, 7) is 0.420. The fraction of sp³-hybridized carbons (Fsp3) is 0.235. The molecule has 0 spiro atoms. The Hall–Kier alpha value is -2.60. The first-order chi connectivity index (χ1) is 11.5. The van der Waals surface area contributed by atoms with E-state index in [4.69, 9.17) is 16.3 Å². The molecule has 2 aromatic rings. The number of methoxy groups -OCH3 is 1. The number of amides is 2. The lowest BCUT2D eigenvalue weighted by molar-refractivity contribution is -0.142. The van der Waals surface area contributed by atoms with Crippen LogP contribution in [0.3, 0.4) is 0 Å². The topological polar surface area (TPSA) is 71.5 Å². The van der Waals surface area contributed by atoms with E-state index < -0.39 is 11.8 Å². The lowest BCUT2D eigenvalue weighted by Gasteiger charge is -2.17. The summed E-state index contributed by atoms with van der Waals surface area (Å²) in [5.74, 6) is -0.945. The summed E-state index contributed by atoms with van der Waals surface area (Å²) in [7, 11) is 3.06. The van der Waals surface area contributed by atoms with E-state index in [1.54, 1.807) is 31.6 Å². The minimum Gasteiger partial charge on any atom is -0.495 e. The highest BCUT2D eigenvalue weighted by Gasteiger charge is 2.20. The van der Waals surface area contributed by atoms with Crippen molar-refractivity contribution in [1.29, 1.82) is 0 Å². The second-order valence-corrected chi connectivity index (χ2v) is 5.57. The van der Waals surface area contributed by atoms with Crippen molar-refractivity contribution in [2.75, 3.05) is 26.0 Å². The summed E-state index contributed by atoms with van der Waals surface area (Å²) in [5, 5.41) is 2.97. The Morgan fingerprint density at radius 1 is 1.25 bits per heavy atom. The van der Waals surface area contributed by atoms with Gasteiger partial charge in [-0.1, -0.05) is 11.6 Å². The molecule has 0 atom stereocenters. The van der Waals surface area contributed by atoms with Gasteiger partial charge in [0, 0.05) is 31.0 Å². The SMILES string of the molecule is COc1ccc(Cl)cc1NC(=O)C(=O)N(C)CCc1ccncc1. The number of hydrogen-bond donors (Lipinski definition) is 1. The fourth-order valence-electron chi connectivity index (χ4n) is 2.07. The molecule has 126 valence electrons. The number of pyridine rings is 1. The van der Waals surface area contributed by atoms with Gasteiger partial charge in [-0.25, -0.2) is 0 Å². The third-order valence-electron chi connectivity index (χ3n) is 3.44. The maximum absolute atomic E-state index is 12.2. The highest BCUT2D eigenvalue weighted by molar-refractivity contribution is 6.39. The van der Waals surface area contributed by atoms with Crippen LogP contribution >= 0.6 is 11.6 Å². The van der Waals surface area contributed by atoms with Crippen molar-refractivity contribution < 1.29 is 14.3 Å². The van der Waals surface area contributed by atoms with Gasteiger partial charge in [0.2, 0.25) is 0 Å². The molecule has 0 fully saturated rings. The van der Waals surface area contributed by atoms with Crippen LogP contribution in [0.5, 0.6) is 5.75 Å². The van der Waals surface area contributed by atoms with Crippen molar-refractivity contribution in [3.63, 3.8) is 0 Å². The summed E-state index contributed by atoms with van der Waals surface area (Å²) < 4.78 is 5.14. The first kappa shape index (κ1) is 17.7. The Morgan fingerprint density at radius 2 is 1.96 bits per heavy atom. The molecular weight excluding hydrogens is 330 g/mol. The van der Waals surface area contributed by atoms with Crippen LogP contribution in [0.15, 0.2) is 42.7 Å². The second kappa shape index (κ2) is 8.31. The predicted octanol–water partition coefficient (Wildman–Crippen LogP) is 2.38. The number of hydrogen-bond acceptors (Lipinski definition) is 4. The van der Waals surface area contributed by atoms with Gasteiger partial charge < -0.3 is 15.0 Å². The van der Waals surface area contributed by atoms with Crippen molar-refractivity contribution >= 4 is 29.1 Å². The van der Waals surface area contributed by atoms with Gasteiger partial charge in [0.1, 0.15) is 5.75 Å². The smallest absolute Gasteiger partial charge is 0.313 e. The summed E-state index contributed by atoms with van der Waals surface area (Å²) in [5.41, 5.74) is 1.40. The zero-order valence-electron chi connectivity index (χ0n) is 13.5. The molecule has 7 heteroatoms. The summed E-state index contributed by atoms with van der Waals surface area (Å²) in [6, 6.07) is 8.53. The number of nitrogens with zero attached hydrogens (tertiary/aromatic N) is 2. The highest BCUT2D eigenvalue weighted by Crippen LogP contribution is 2.27. The van der Waals surface area contributed by atoms with Crippen LogP contribution in [-0.4, -0.2) is 42.4 Å². The van der Waals surface area contributed by atoms with E-state index in [1.807, 2.05) is 12.1 Å². The summed E-state index contributed by atoms with van der Waals surface area (Å²) >= 11 is 5.91. The van der Waals surface area contributed by atoms with Crippen molar-refractivity contribution in [3.05, 3.63) is 53.3 Å². The van der Waals surface area contributed by atoms with Gasteiger partial charge in [0.15, 0.2) is 0 Å². The van der Waals surface area contributed by atoms with Gasteiger partial charge in [-0.05, 0) is 42.3 Å². The Morgan fingerprint density at radius 3 is 2.62 bits per heavy atom. The molecule has 0 aliphatic rings. The quantitative estimate of drug-likeness (QED) is 0.843. The summed E-state index contributed by atoms with van der Waals surface area (Å²) in [6.07, 6.45) is 4.02. The number of halogens is 1.